The summed E-state index contributed by atoms with van der Waals surface area (Å²) in [5, 5.41) is 6.45. The number of nitrogens with zero attached hydrogens (tertiary/aromatic N) is 1. The Hall–Kier alpha value is -3.15. The van der Waals surface area contributed by atoms with Crippen molar-refractivity contribution in [3.05, 3.63) is 65.5 Å². The number of anilines is 1. The fraction of sp³-hybridized carbons (Fsp3) is 0.158. The van der Waals surface area contributed by atoms with Crippen LogP contribution in [0.2, 0.25) is 0 Å². The lowest BCUT2D eigenvalue weighted by Crippen LogP contribution is -2.20. The van der Waals surface area contributed by atoms with E-state index < -0.39 is 0 Å². The van der Waals surface area contributed by atoms with Crippen molar-refractivity contribution in [1.29, 1.82) is 0 Å². The van der Waals surface area contributed by atoms with Gasteiger partial charge in [-0.25, -0.2) is 4.39 Å². The van der Waals surface area contributed by atoms with Crippen LogP contribution in [-0.2, 0) is 4.79 Å². The molecule has 0 fully saturated rings. The summed E-state index contributed by atoms with van der Waals surface area (Å²) in [5.74, 6) is 0.213. The van der Waals surface area contributed by atoms with Gasteiger partial charge in [0.2, 0.25) is 5.88 Å². The predicted octanol–water partition coefficient (Wildman–Crippen LogP) is 4.12. The molecule has 128 valence electrons. The van der Waals surface area contributed by atoms with Crippen molar-refractivity contribution in [2.45, 2.75) is 13.8 Å². The van der Waals surface area contributed by atoms with Gasteiger partial charge in [0.1, 0.15) is 17.3 Å². The zero-order valence-corrected chi connectivity index (χ0v) is 13.9. The van der Waals surface area contributed by atoms with E-state index in [4.69, 9.17) is 9.26 Å². The SMILES string of the molecule is Cc1cccc(C)c1OCC(=O)Nc1cc(-c2ccc(F)cc2)no1. The number of aryl methyl sites for hydroxylation is 2. The Morgan fingerprint density at radius 1 is 1.16 bits per heavy atom. The first-order chi connectivity index (χ1) is 12.0. The minimum atomic E-state index is -0.357. The summed E-state index contributed by atoms with van der Waals surface area (Å²) in [5.41, 5.74) is 3.13. The fourth-order valence-corrected chi connectivity index (χ4v) is 2.43. The molecule has 3 aromatic rings. The molecule has 0 saturated carbocycles. The highest BCUT2D eigenvalue weighted by Crippen LogP contribution is 2.23. The van der Waals surface area contributed by atoms with Crippen molar-refractivity contribution in [1.82, 2.24) is 5.16 Å². The molecular weight excluding hydrogens is 323 g/mol. The molecule has 1 heterocycles. The van der Waals surface area contributed by atoms with Crippen molar-refractivity contribution < 1.29 is 18.4 Å². The molecule has 2 aromatic carbocycles. The van der Waals surface area contributed by atoms with E-state index in [0.717, 1.165) is 11.1 Å². The van der Waals surface area contributed by atoms with Crippen LogP contribution in [0.4, 0.5) is 10.3 Å². The normalized spacial score (nSPS) is 10.5. The van der Waals surface area contributed by atoms with Crippen molar-refractivity contribution in [2.75, 3.05) is 11.9 Å². The minimum absolute atomic E-state index is 0.141. The van der Waals surface area contributed by atoms with Crippen molar-refractivity contribution in [2.24, 2.45) is 0 Å². The maximum absolute atomic E-state index is 12.9. The number of benzene rings is 2. The molecule has 5 nitrogen and oxygen atoms in total. The van der Waals surface area contributed by atoms with E-state index in [1.807, 2.05) is 32.0 Å². The number of carbonyl (C=O) groups excluding carboxylic acids is 1. The molecule has 0 unspecified atom stereocenters. The number of ether oxygens (including phenoxy) is 1. The number of rotatable bonds is 5. The monoisotopic (exact) mass is 340 g/mol. The first-order valence-electron chi connectivity index (χ1n) is 7.74. The van der Waals surface area contributed by atoms with Crippen molar-refractivity contribution >= 4 is 11.8 Å². The molecule has 0 bridgehead atoms. The predicted molar refractivity (Wildman–Crippen MR) is 91.9 cm³/mol. The zero-order chi connectivity index (χ0) is 17.8. The zero-order valence-electron chi connectivity index (χ0n) is 13.9. The van der Waals surface area contributed by atoms with Crippen LogP contribution < -0.4 is 10.1 Å². The van der Waals surface area contributed by atoms with Crippen LogP contribution in [0.3, 0.4) is 0 Å². The largest absolute Gasteiger partial charge is 0.483 e. The second kappa shape index (κ2) is 7.17. The number of halogens is 1. The van der Waals surface area contributed by atoms with Gasteiger partial charge in [0.25, 0.3) is 5.91 Å². The lowest BCUT2D eigenvalue weighted by Gasteiger charge is -2.11. The maximum Gasteiger partial charge on any atom is 0.264 e. The van der Waals surface area contributed by atoms with Gasteiger partial charge in [-0.3, -0.25) is 10.1 Å². The quantitative estimate of drug-likeness (QED) is 0.759. The summed E-state index contributed by atoms with van der Waals surface area (Å²) < 4.78 is 23.6. The first kappa shape index (κ1) is 16.7. The molecule has 1 aromatic heterocycles. The number of hydrogen-bond acceptors (Lipinski definition) is 4. The Morgan fingerprint density at radius 3 is 2.52 bits per heavy atom. The van der Waals surface area contributed by atoms with Gasteiger partial charge in [-0.1, -0.05) is 23.4 Å². The maximum atomic E-state index is 12.9. The van der Waals surface area contributed by atoms with Crippen LogP contribution in [0.5, 0.6) is 5.75 Å². The van der Waals surface area contributed by atoms with Crippen molar-refractivity contribution in [3.63, 3.8) is 0 Å². The molecule has 0 aliphatic carbocycles. The third-order valence-corrected chi connectivity index (χ3v) is 3.67. The summed E-state index contributed by atoms with van der Waals surface area (Å²) in [7, 11) is 0. The standard InChI is InChI=1S/C19H17FN2O3/c1-12-4-3-5-13(2)19(12)24-11-17(23)21-18-10-16(22-25-18)14-6-8-15(20)9-7-14/h3-10H,11H2,1-2H3,(H,21,23). The Bertz CT molecular complexity index is 868. The molecule has 1 amide bonds. The Balaban J connectivity index is 1.61. The smallest absolute Gasteiger partial charge is 0.264 e. The molecular formula is C19H17FN2O3. The van der Waals surface area contributed by atoms with Gasteiger partial charge in [0, 0.05) is 11.6 Å². The van der Waals surface area contributed by atoms with Gasteiger partial charge >= 0.3 is 0 Å². The Labute approximate surface area is 144 Å². The molecule has 0 spiro atoms. The molecule has 0 atom stereocenters. The highest BCUT2D eigenvalue weighted by atomic mass is 19.1. The summed E-state index contributed by atoms with van der Waals surface area (Å²) in [6, 6.07) is 13.2. The van der Waals surface area contributed by atoms with Gasteiger partial charge in [-0.05, 0) is 49.2 Å². The molecule has 6 heteroatoms. The van der Waals surface area contributed by atoms with E-state index in [2.05, 4.69) is 10.5 Å². The third kappa shape index (κ3) is 4.03. The van der Waals surface area contributed by atoms with Gasteiger partial charge in [-0.15, -0.1) is 0 Å². The topological polar surface area (TPSA) is 64.4 Å². The van der Waals surface area contributed by atoms with Gasteiger partial charge in [0.15, 0.2) is 6.61 Å². The molecule has 1 N–H and O–H groups in total. The molecule has 0 aliphatic heterocycles. The highest BCUT2D eigenvalue weighted by Gasteiger charge is 2.11. The number of aromatic nitrogens is 1. The number of para-hydroxylation sites is 1. The van der Waals surface area contributed by atoms with Crippen LogP contribution in [0.1, 0.15) is 11.1 Å². The Kier molecular flexibility index (Phi) is 4.79. The highest BCUT2D eigenvalue weighted by molar-refractivity contribution is 5.91. The van der Waals surface area contributed by atoms with Gasteiger partial charge in [0.05, 0.1) is 0 Å². The summed E-state index contributed by atoms with van der Waals surface area (Å²) >= 11 is 0. The third-order valence-electron chi connectivity index (χ3n) is 3.67. The molecule has 0 saturated heterocycles. The van der Waals surface area contributed by atoms with Crippen LogP contribution in [0, 0.1) is 19.7 Å². The van der Waals surface area contributed by atoms with Crippen molar-refractivity contribution in [3.8, 4) is 17.0 Å². The fourth-order valence-electron chi connectivity index (χ4n) is 2.43. The minimum Gasteiger partial charge on any atom is -0.483 e. The summed E-state index contributed by atoms with van der Waals surface area (Å²) in [6.45, 7) is 3.70. The lowest BCUT2D eigenvalue weighted by molar-refractivity contribution is -0.118. The van der Waals surface area contributed by atoms with E-state index in [-0.39, 0.29) is 24.2 Å². The van der Waals surface area contributed by atoms with Crippen LogP contribution in [-0.4, -0.2) is 17.7 Å². The molecule has 0 radical (unpaired) electrons. The van der Waals surface area contributed by atoms with Crippen LogP contribution >= 0.6 is 0 Å². The Morgan fingerprint density at radius 2 is 1.84 bits per heavy atom. The molecule has 25 heavy (non-hydrogen) atoms. The van der Waals surface area contributed by atoms with E-state index in [1.165, 1.54) is 12.1 Å². The average molecular weight is 340 g/mol. The number of hydrogen-bond donors (Lipinski definition) is 1. The van der Waals surface area contributed by atoms with E-state index >= 15 is 0 Å². The number of nitrogens with one attached hydrogen (secondary N) is 1. The van der Waals surface area contributed by atoms with E-state index in [9.17, 15) is 9.18 Å². The number of amides is 1. The second-order valence-electron chi connectivity index (χ2n) is 5.64. The number of carbonyl (C=O) groups is 1. The average Bonchev–Trinajstić information content (AvgIpc) is 3.03. The summed E-state index contributed by atoms with van der Waals surface area (Å²) in [6.07, 6.45) is 0. The summed E-state index contributed by atoms with van der Waals surface area (Å²) in [4.78, 5) is 12.0. The first-order valence-corrected chi connectivity index (χ1v) is 7.74. The lowest BCUT2D eigenvalue weighted by atomic mass is 10.1. The molecule has 0 aliphatic rings. The second-order valence-corrected chi connectivity index (χ2v) is 5.64. The van der Waals surface area contributed by atoms with Crippen LogP contribution in [0.25, 0.3) is 11.3 Å². The van der Waals surface area contributed by atoms with Gasteiger partial charge < -0.3 is 9.26 Å². The van der Waals surface area contributed by atoms with Gasteiger partial charge in [-0.2, -0.15) is 0 Å². The van der Waals surface area contributed by atoms with E-state index in [0.29, 0.717) is 17.0 Å². The van der Waals surface area contributed by atoms with E-state index in [1.54, 1.807) is 18.2 Å². The molecule has 3 rings (SSSR count). The van der Waals surface area contributed by atoms with Crippen LogP contribution in [0.15, 0.2) is 53.1 Å².